The van der Waals surface area contributed by atoms with Crippen LogP contribution in [0.15, 0.2) is 24.3 Å². The molecule has 0 spiro atoms. The Morgan fingerprint density at radius 3 is 2.86 bits per heavy atom. The zero-order valence-electron chi connectivity index (χ0n) is 12.7. The summed E-state index contributed by atoms with van der Waals surface area (Å²) in [6, 6.07) is 7.85. The van der Waals surface area contributed by atoms with Gasteiger partial charge in [-0.1, -0.05) is 18.2 Å². The average Bonchev–Trinajstić information content (AvgIpc) is 2.97. The number of carbonyl (C=O) groups is 1. The predicted molar refractivity (Wildman–Crippen MR) is 81.3 cm³/mol. The van der Waals surface area contributed by atoms with Crippen molar-refractivity contribution in [3.63, 3.8) is 0 Å². The van der Waals surface area contributed by atoms with E-state index < -0.39 is 0 Å². The van der Waals surface area contributed by atoms with Crippen LogP contribution in [0.1, 0.15) is 18.4 Å². The second kappa shape index (κ2) is 7.43. The van der Waals surface area contributed by atoms with Gasteiger partial charge in [0, 0.05) is 13.6 Å². The van der Waals surface area contributed by atoms with Gasteiger partial charge in [0.2, 0.25) is 0 Å². The lowest BCUT2D eigenvalue weighted by atomic mass is 10.2. The third-order valence-electron chi connectivity index (χ3n) is 3.80. The number of aryl methyl sites for hydroxylation is 1. The number of nitrogens with two attached hydrogens (primary N) is 1. The van der Waals surface area contributed by atoms with E-state index in [9.17, 15) is 4.79 Å². The molecule has 0 aliphatic carbocycles. The third-order valence-corrected chi connectivity index (χ3v) is 3.80. The molecule has 1 aliphatic heterocycles. The molecule has 1 fully saturated rings. The SMILES string of the molecule is Cc1ccccc1OCCN(C)C(=O)[C@@H]1CC[C@H](CN)O1. The monoisotopic (exact) mass is 292 g/mol. The molecular weight excluding hydrogens is 268 g/mol. The van der Waals surface area contributed by atoms with E-state index in [-0.39, 0.29) is 18.1 Å². The first-order valence-electron chi connectivity index (χ1n) is 7.40. The van der Waals surface area contributed by atoms with Gasteiger partial charge in [0.05, 0.1) is 12.6 Å². The van der Waals surface area contributed by atoms with Crippen LogP contribution in [0.3, 0.4) is 0 Å². The van der Waals surface area contributed by atoms with Crippen molar-refractivity contribution in [1.82, 2.24) is 4.90 Å². The highest BCUT2D eigenvalue weighted by Crippen LogP contribution is 2.20. The summed E-state index contributed by atoms with van der Waals surface area (Å²) in [6.45, 7) is 3.49. The van der Waals surface area contributed by atoms with Gasteiger partial charge in [-0.2, -0.15) is 0 Å². The van der Waals surface area contributed by atoms with Crippen molar-refractivity contribution < 1.29 is 14.3 Å². The summed E-state index contributed by atoms with van der Waals surface area (Å²) in [6.07, 6.45) is 1.29. The van der Waals surface area contributed by atoms with Crippen molar-refractivity contribution in [2.24, 2.45) is 5.73 Å². The summed E-state index contributed by atoms with van der Waals surface area (Å²) in [5.41, 5.74) is 6.66. The molecule has 1 aliphatic rings. The number of benzene rings is 1. The van der Waals surface area contributed by atoms with Gasteiger partial charge in [-0.3, -0.25) is 4.79 Å². The minimum absolute atomic E-state index is 0.0133. The molecule has 21 heavy (non-hydrogen) atoms. The van der Waals surface area contributed by atoms with Crippen LogP contribution < -0.4 is 10.5 Å². The van der Waals surface area contributed by atoms with E-state index in [4.69, 9.17) is 15.2 Å². The Hall–Kier alpha value is -1.59. The third kappa shape index (κ3) is 4.19. The van der Waals surface area contributed by atoms with E-state index in [0.717, 1.165) is 24.2 Å². The Kier molecular flexibility index (Phi) is 5.59. The fraction of sp³-hybridized carbons (Fsp3) is 0.562. The topological polar surface area (TPSA) is 64.8 Å². The first-order chi connectivity index (χ1) is 10.1. The lowest BCUT2D eigenvalue weighted by Crippen LogP contribution is -2.39. The smallest absolute Gasteiger partial charge is 0.251 e. The van der Waals surface area contributed by atoms with Gasteiger partial charge in [-0.05, 0) is 31.4 Å². The Morgan fingerprint density at radius 1 is 1.43 bits per heavy atom. The Bertz CT molecular complexity index is 478. The molecule has 1 aromatic carbocycles. The molecule has 0 saturated carbocycles. The molecule has 1 amide bonds. The summed E-state index contributed by atoms with van der Waals surface area (Å²) in [4.78, 5) is 13.9. The molecule has 1 aromatic rings. The summed E-state index contributed by atoms with van der Waals surface area (Å²) in [5, 5.41) is 0. The highest BCUT2D eigenvalue weighted by molar-refractivity contribution is 5.80. The van der Waals surface area contributed by atoms with E-state index >= 15 is 0 Å². The van der Waals surface area contributed by atoms with Crippen LogP contribution in [0, 0.1) is 6.92 Å². The van der Waals surface area contributed by atoms with Gasteiger partial charge < -0.3 is 20.1 Å². The molecule has 0 unspecified atom stereocenters. The van der Waals surface area contributed by atoms with Crippen LogP contribution >= 0.6 is 0 Å². The number of rotatable bonds is 6. The highest BCUT2D eigenvalue weighted by Gasteiger charge is 2.31. The van der Waals surface area contributed by atoms with Crippen LogP contribution in [0.2, 0.25) is 0 Å². The van der Waals surface area contributed by atoms with Gasteiger partial charge in [0.15, 0.2) is 0 Å². The second-order valence-electron chi connectivity index (χ2n) is 5.43. The minimum atomic E-state index is -0.345. The lowest BCUT2D eigenvalue weighted by Gasteiger charge is -2.21. The maximum Gasteiger partial charge on any atom is 0.251 e. The highest BCUT2D eigenvalue weighted by atomic mass is 16.5. The van der Waals surface area contributed by atoms with Crippen molar-refractivity contribution in [3.05, 3.63) is 29.8 Å². The zero-order chi connectivity index (χ0) is 15.2. The maximum atomic E-state index is 12.2. The zero-order valence-corrected chi connectivity index (χ0v) is 12.7. The fourth-order valence-electron chi connectivity index (χ4n) is 2.43. The van der Waals surface area contributed by atoms with E-state index in [1.54, 1.807) is 11.9 Å². The van der Waals surface area contributed by atoms with Crippen LogP contribution in [0.25, 0.3) is 0 Å². The van der Waals surface area contributed by atoms with Gasteiger partial charge in [0.25, 0.3) is 5.91 Å². The number of hydrogen-bond acceptors (Lipinski definition) is 4. The predicted octanol–water partition coefficient (Wildman–Crippen LogP) is 1.34. The van der Waals surface area contributed by atoms with E-state index in [1.807, 2.05) is 31.2 Å². The Balaban J connectivity index is 1.75. The van der Waals surface area contributed by atoms with Gasteiger partial charge in [-0.15, -0.1) is 0 Å². The lowest BCUT2D eigenvalue weighted by molar-refractivity contribution is -0.141. The second-order valence-corrected chi connectivity index (χ2v) is 5.43. The number of likely N-dealkylation sites (N-methyl/N-ethyl adjacent to an activating group) is 1. The minimum Gasteiger partial charge on any atom is -0.491 e. The summed E-state index contributed by atoms with van der Waals surface area (Å²) in [7, 11) is 1.78. The number of amides is 1. The molecule has 116 valence electrons. The molecule has 5 nitrogen and oxygen atoms in total. The van der Waals surface area contributed by atoms with Crippen molar-refractivity contribution in [2.75, 3.05) is 26.7 Å². The van der Waals surface area contributed by atoms with Crippen molar-refractivity contribution >= 4 is 5.91 Å². The number of nitrogens with zero attached hydrogens (tertiary/aromatic N) is 1. The van der Waals surface area contributed by atoms with Gasteiger partial charge in [-0.25, -0.2) is 0 Å². The van der Waals surface area contributed by atoms with Gasteiger partial charge >= 0.3 is 0 Å². The van der Waals surface area contributed by atoms with E-state index in [1.165, 1.54) is 0 Å². The molecule has 2 N–H and O–H groups in total. The number of para-hydroxylation sites is 1. The molecule has 5 heteroatoms. The molecular formula is C16H24N2O3. The normalized spacial score (nSPS) is 21.3. The standard InChI is InChI=1S/C16H24N2O3/c1-12-5-3-4-6-14(12)20-10-9-18(2)16(19)15-8-7-13(11-17)21-15/h3-6,13,15H,7-11,17H2,1-2H3/t13-,15+/m1/s1. The summed E-state index contributed by atoms with van der Waals surface area (Å²) >= 11 is 0. The van der Waals surface area contributed by atoms with E-state index in [2.05, 4.69) is 0 Å². The number of hydrogen-bond donors (Lipinski definition) is 1. The fourth-order valence-corrected chi connectivity index (χ4v) is 2.43. The van der Waals surface area contributed by atoms with Crippen molar-refractivity contribution in [1.29, 1.82) is 0 Å². The Morgan fingerprint density at radius 2 is 2.19 bits per heavy atom. The van der Waals surface area contributed by atoms with Crippen LogP contribution in [0.5, 0.6) is 5.75 Å². The van der Waals surface area contributed by atoms with Crippen molar-refractivity contribution in [2.45, 2.75) is 32.0 Å². The van der Waals surface area contributed by atoms with Crippen LogP contribution in [-0.2, 0) is 9.53 Å². The number of carbonyl (C=O) groups excluding carboxylic acids is 1. The quantitative estimate of drug-likeness (QED) is 0.859. The maximum absolute atomic E-state index is 12.2. The summed E-state index contributed by atoms with van der Waals surface area (Å²) < 4.78 is 11.3. The first-order valence-corrected chi connectivity index (χ1v) is 7.40. The van der Waals surface area contributed by atoms with Crippen molar-refractivity contribution in [3.8, 4) is 5.75 Å². The molecule has 0 bridgehead atoms. The van der Waals surface area contributed by atoms with Gasteiger partial charge in [0.1, 0.15) is 18.5 Å². The molecule has 0 aromatic heterocycles. The van der Waals surface area contributed by atoms with Crippen LogP contribution in [0.4, 0.5) is 0 Å². The summed E-state index contributed by atoms with van der Waals surface area (Å²) in [5.74, 6) is 0.873. The first kappa shape index (κ1) is 15.8. The number of ether oxygens (including phenoxy) is 2. The van der Waals surface area contributed by atoms with Crippen LogP contribution in [-0.4, -0.2) is 49.8 Å². The Labute approximate surface area is 126 Å². The largest absolute Gasteiger partial charge is 0.491 e. The van der Waals surface area contributed by atoms with E-state index in [0.29, 0.717) is 19.7 Å². The molecule has 2 atom stereocenters. The molecule has 1 heterocycles. The molecule has 2 rings (SSSR count). The average molecular weight is 292 g/mol. The molecule has 1 saturated heterocycles. The molecule has 0 radical (unpaired) electrons.